The molecular weight excluding hydrogens is 335 g/mol. The van der Waals surface area contributed by atoms with Gasteiger partial charge in [0.05, 0.1) is 11.7 Å². The van der Waals surface area contributed by atoms with E-state index in [1.807, 2.05) is 13.0 Å². The molecule has 1 N–H and O–H groups in total. The van der Waals surface area contributed by atoms with E-state index in [4.69, 9.17) is 0 Å². The van der Waals surface area contributed by atoms with Crippen molar-refractivity contribution in [1.29, 1.82) is 0 Å². The van der Waals surface area contributed by atoms with Crippen molar-refractivity contribution in [3.05, 3.63) is 66.0 Å². The van der Waals surface area contributed by atoms with E-state index >= 15 is 0 Å². The Bertz CT molecular complexity index is 836. The average Bonchev–Trinajstić information content (AvgIpc) is 2.68. The van der Waals surface area contributed by atoms with Gasteiger partial charge in [-0.1, -0.05) is 30.3 Å². The Morgan fingerprint density at radius 2 is 1.85 bits per heavy atom. The van der Waals surface area contributed by atoms with Crippen molar-refractivity contribution >= 4 is 23.3 Å². The third-order valence-electron chi connectivity index (χ3n) is 4.31. The van der Waals surface area contributed by atoms with Crippen molar-refractivity contribution in [2.24, 2.45) is 4.99 Å². The SMILES string of the molecule is C[C@@H](c1ccc(F)cc1)N(C)C(=O)C1=NCC(=O)N(c2ccccc2)N1. The fourth-order valence-corrected chi connectivity index (χ4v) is 2.63. The van der Waals surface area contributed by atoms with Gasteiger partial charge in [-0.2, -0.15) is 0 Å². The van der Waals surface area contributed by atoms with Crippen LogP contribution >= 0.6 is 0 Å². The fraction of sp³-hybridized carbons (Fsp3) is 0.211. The number of hydrazine groups is 1. The highest BCUT2D eigenvalue weighted by Gasteiger charge is 2.29. The topological polar surface area (TPSA) is 65.0 Å². The lowest BCUT2D eigenvalue weighted by atomic mass is 10.1. The van der Waals surface area contributed by atoms with Gasteiger partial charge in [0.1, 0.15) is 12.4 Å². The molecule has 1 aliphatic heterocycles. The maximum absolute atomic E-state index is 13.1. The normalized spacial score (nSPS) is 15.1. The van der Waals surface area contributed by atoms with Gasteiger partial charge < -0.3 is 4.90 Å². The minimum Gasteiger partial charge on any atom is -0.332 e. The Kier molecular flexibility index (Phi) is 4.97. The highest BCUT2D eigenvalue weighted by atomic mass is 19.1. The number of amides is 2. The molecule has 1 atom stereocenters. The van der Waals surface area contributed by atoms with Gasteiger partial charge in [-0.3, -0.25) is 20.0 Å². The van der Waals surface area contributed by atoms with Crippen LogP contribution in [0, 0.1) is 5.82 Å². The average molecular weight is 354 g/mol. The van der Waals surface area contributed by atoms with Crippen LogP contribution in [-0.4, -0.2) is 36.1 Å². The first kappa shape index (κ1) is 17.6. The number of nitrogens with one attached hydrogen (secondary N) is 1. The third-order valence-corrected chi connectivity index (χ3v) is 4.31. The minimum absolute atomic E-state index is 0.0879. The van der Waals surface area contributed by atoms with Gasteiger partial charge in [0, 0.05) is 7.05 Å². The Labute approximate surface area is 150 Å². The molecule has 0 unspecified atom stereocenters. The lowest BCUT2D eigenvalue weighted by molar-refractivity contribution is -0.125. The van der Waals surface area contributed by atoms with E-state index in [-0.39, 0.29) is 36.1 Å². The van der Waals surface area contributed by atoms with Gasteiger partial charge in [0.2, 0.25) is 5.84 Å². The maximum atomic E-state index is 13.1. The number of carbonyl (C=O) groups excluding carboxylic acids is 2. The van der Waals surface area contributed by atoms with E-state index in [0.717, 1.165) is 5.56 Å². The van der Waals surface area contributed by atoms with Crippen LogP contribution in [-0.2, 0) is 9.59 Å². The molecule has 0 fully saturated rings. The van der Waals surface area contributed by atoms with Crippen molar-refractivity contribution < 1.29 is 14.0 Å². The number of hydrogen-bond acceptors (Lipinski definition) is 4. The third kappa shape index (κ3) is 3.56. The quantitative estimate of drug-likeness (QED) is 0.916. The summed E-state index contributed by atoms with van der Waals surface area (Å²) >= 11 is 0. The molecule has 0 aromatic heterocycles. The van der Waals surface area contributed by atoms with Crippen molar-refractivity contribution in [1.82, 2.24) is 10.3 Å². The van der Waals surface area contributed by atoms with E-state index in [1.165, 1.54) is 22.0 Å². The molecule has 134 valence electrons. The van der Waals surface area contributed by atoms with Gasteiger partial charge in [-0.15, -0.1) is 0 Å². The molecule has 0 saturated heterocycles. The summed E-state index contributed by atoms with van der Waals surface area (Å²) in [5.41, 5.74) is 4.23. The second kappa shape index (κ2) is 7.35. The van der Waals surface area contributed by atoms with Crippen LogP contribution in [0.25, 0.3) is 0 Å². The molecule has 0 radical (unpaired) electrons. The van der Waals surface area contributed by atoms with Crippen LogP contribution in [0.15, 0.2) is 59.6 Å². The summed E-state index contributed by atoms with van der Waals surface area (Å²) in [5, 5.41) is 1.32. The molecule has 0 aliphatic carbocycles. The number of anilines is 1. The minimum atomic E-state index is -0.352. The number of halogens is 1. The van der Waals surface area contributed by atoms with Gasteiger partial charge in [0.15, 0.2) is 0 Å². The zero-order chi connectivity index (χ0) is 18.7. The van der Waals surface area contributed by atoms with Crippen LogP contribution < -0.4 is 10.4 Å². The van der Waals surface area contributed by atoms with Crippen molar-refractivity contribution in [3.8, 4) is 0 Å². The molecule has 26 heavy (non-hydrogen) atoms. The fourth-order valence-electron chi connectivity index (χ4n) is 2.63. The number of rotatable bonds is 4. The largest absolute Gasteiger partial charge is 0.332 e. The zero-order valence-corrected chi connectivity index (χ0v) is 14.5. The number of carbonyl (C=O) groups is 2. The molecule has 0 bridgehead atoms. The van der Waals surface area contributed by atoms with Crippen LogP contribution in [0.2, 0.25) is 0 Å². The van der Waals surface area contributed by atoms with Crippen molar-refractivity contribution in [2.45, 2.75) is 13.0 Å². The van der Waals surface area contributed by atoms with E-state index in [2.05, 4.69) is 10.4 Å². The summed E-state index contributed by atoms with van der Waals surface area (Å²) in [7, 11) is 1.64. The van der Waals surface area contributed by atoms with E-state index in [0.29, 0.717) is 5.69 Å². The first-order chi connectivity index (χ1) is 12.5. The number of hydrogen-bond donors (Lipinski definition) is 1. The number of para-hydroxylation sites is 1. The molecule has 2 aromatic rings. The first-order valence-electron chi connectivity index (χ1n) is 8.19. The standard InChI is InChI=1S/C19H19FN4O2/c1-13(14-8-10-15(20)11-9-14)23(2)19(26)18-21-12-17(25)24(22-18)16-6-4-3-5-7-16/h3-11,13H,12H2,1-2H3,(H,21,22)/t13-/m0/s1. The number of nitrogens with zero attached hydrogens (tertiary/aromatic N) is 3. The highest BCUT2D eigenvalue weighted by Crippen LogP contribution is 2.20. The van der Waals surface area contributed by atoms with Gasteiger partial charge >= 0.3 is 0 Å². The Morgan fingerprint density at radius 1 is 1.19 bits per heavy atom. The van der Waals surface area contributed by atoms with Crippen molar-refractivity contribution in [3.63, 3.8) is 0 Å². The monoisotopic (exact) mass is 354 g/mol. The number of aliphatic imine (C=N–C) groups is 1. The molecule has 0 saturated carbocycles. The summed E-state index contributed by atoms with van der Waals surface area (Å²) in [6.07, 6.45) is 0. The van der Waals surface area contributed by atoms with Gasteiger partial charge in [-0.25, -0.2) is 9.40 Å². The lowest BCUT2D eigenvalue weighted by Crippen LogP contribution is -2.56. The molecular formula is C19H19FN4O2. The Morgan fingerprint density at radius 3 is 2.50 bits per heavy atom. The summed E-state index contributed by atoms with van der Waals surface area (Å²) in [6.45, 7) is 1.73. The molecule has 1 aliphatic rings. The second-order valence-corrected chi connectivity index (χ2v) is 5.98. The molecule has 6 nitrogen and oxygen atoms in total. The molecule has 3 rings (SSSR count). The summed E-state index contributed by atoms with van der Waals surface area (Å²) < 4.78 is 13.1. The molecule has 0 spiro atoms. The number of likely N-dealkylation sites (N-methyl/N-ethyl adjacent to an activating group) is 1. The lowest BCUT2D eigenvalue weighted by Gasteiger charge is -2.31. The molecule has 7 heteroatoms. The van der Waals surface area contributed by atoms with Crippen LogP contribution in [0.5, 0.6) is 0 Å². The highest BCUT2D eigenvalue weighted by molar-refractivity contribution is 6.39. The van der Waals surface area contributed by atoms with E-state index < -0.39 is 0 Å². The smallest absolute Gasteiger partial charge is 0.290 e. The zero-order valence-electron chi connectivity index (χ0n) is 14.5. The summed E-state index contributed by atoms with van der Waals surface area (Å²) in [4.78, 5) is 30.5. The van der Waals surface area contributed by atoms with E-state index in [9.17, 15) is 14.0 Å². The Balaban J connectivity index is 1.76. The molecule has 1 heterocycles. The van der Waals surface area contributed by atoms with Gasteiger partial charge in [-0.05, 0) is 36.8 Å². The summed E-state index contributed by atoms with van der Waals surface area (Å²) in [6, 6.07) is 14.7. The van der Waals surface area contributed by atoms with Crippen LogP contribution in [0.3, 0.4) is 0 Å². The first-order valence-corrected chi connectivity index (χ1v) is 8.19. The molecule has 2 aromatic carbocycles. The van der Waals surface area contributed by atoms with Crippen molar-refractivity contribution in [2.75, 3.05) is 18.6 Å². The maximum Gasteiger partial charge on any atom is 0.290 e. The predicted octanol–water partition coefficient (Wildman–Crippen LogP) is 2.29. The van der Waals surface area contributed by atoms with Crippen LogP contribution in [0.1, 0.15) is 18.5 Å². The predicted molar refractivity (Wildman–Crippen MR) is 97.0 cm³/mol. The number of benzene rings is 2. The van der Waals surface area contributed by atoms with E-state index in [1.54, 1.807) is 43.4 Å². The number of amidine groups is 1. The molecule has 2 amide bonds. The van der Waals surface area contributed by atoms with Crippen LogP contribution in [0.4, 0.5) is 10.1 Å². The van der Waals surface area contributed by atoms with Gasteiger partial charge in [0.25, 0.3) is 11.8 Å². The second-order valence-electron chi connectivity index (χ2n) is 5.98. The Hall–Kier alpha value is -3.22. The summed E-state index contributed by atoms with van der Waals surface area (Å²) in [5.74, 6) is -0.840.